The van der Waals surface area contributed by atoms with Gasteiger partial charge in [0.05, 0.1) is 24.5 Å². The number of unbranched alkanes of at least 4 members (excludes halogenated alkanes) is 2. The van der Waals surface area contributed by atoms with Crippen molar-refractivity contribution in [3.63, 3.8) is 0 Å². The number of carbonyl (C=O) groups excluding carboxylic acids is 2. The lowest BCUT2D eigenvalue weighted by atomic mass is 10.1. The summed E-state index contributed by atoms with van der Waals surface area (Å²) in [6, 6.07) is 10.7. The van der Waals surface area contributed by atoms with Crippen LogP contribution in [0.4, 0.5) is 11.5 Å². The van der Waals surface area contributed by atoms with Crippen molar-refractivity contribution in [1.82, 2.24) is 19.6 Å². The summed E-state index contributed by atoms with van der Waals surface area (Å²) in [4.78, 5) is 37.6. The van der Waals surface area contributed by atoms with Gasteiger partial charge in [-0.25, -0.2) is 23.1 Å². The van der Waals surface area contributed by atoms with Crippen LogP contribution in [0.3, 0.4) is 0 Å². The van der Waals surface area contributed by atoms with Crippen molar-refractivity contribution in [2.75, 3.05) is 43.6 Å². The van der Waals surface area contributed by atoms with Gasteiger partial charge in [0.1, 0.15) is 11.6 Å². The van der Waals surface area contributed by atoms with E-state index >= 15 is 0 Å². The number of halogens is 1. The zero-order chi connectivity index (χ0) is 33.7. The minimum atomic E-state index is -3.88. The monoisotopic (exact) mass is 724 g/mol. The second-order valence-corrected chi connectivity index (χ2v) is 15.1. The minimum absolute atomic E-state index is 0. The maximum Gasteiger partial charge on any atom is 0.307 e. The fourth-order valence-corrected chi connectivity index (χ4v) is 8.45. The first-order valence-electron chi connectivity index (χ1n) is 15.1. The molecule has 0 spiro atoms. The van der Waals surface area contributed by atoms with E-state index in [0.717, 1.165) is 53.1 Å². The van der Waals surface area contributed by atoms with Gasteiger partial charge in [-0.3, -0.25) is 9.59 Å². The van der Waals surface area contributed by atoms with Crippen molar-refractivity contribution in [2.45, 2.75) is 64.3 Å². The van der Waals surface area contributed by atoms with Crippen molar-refractivity contribution >= 4 is 78.7 Å². The summed E-state index contributed by atoms with van der Waals surface area (Å²) >= 11 is 0. The first-order chi connectivity index (χ1) is 22.0. The number of nitrogens with two attached hydrogens (primary N) is 1. The van der Waals surface area contributed by atoms with Gasteiger partial charge in [-0.1, -0.05) is 65.6 Å². The number of sulfonamides is 1. The van der Waals surface area contributed by atoms with E-state index in [1.807, 2.05) is 44.1 Å². The number of rotatable bonds is 19. The average Bonchev–Trinajstić information content (AvgIpc) is 3.02. The van der Waals surface area contributed by atoms with Crippen LogP contribution >= 0.6 is 34.0 Å². The predicted octanol–water partition coefficient (Wildman–Crippen LogP) is 6.07. The Bertz CT molecular complexity index is 1640. The molecule has 0 bridgehead atoms. The Kier molecular flexibility index (Phi) is 16.8. The van der Waals surface area contributed by atoms with Crippen LogP contribution in [-0.4, -0.2) is 68.7 Å². The first-order valence-corrected chi connectivity index (χ1v) is 18.9. The Hall–Kier alpha value is -3.04. The van der Waals surface area contributed by atoms with Gasteiger partial charge in [-0.15, -0.1) is 12.4 Å². The van der Waals surface area contributed by atoms with Crippen molar-refractivity contribution < 1.29 is 22.7 Å². The molecule has 0 atom stereocenters. The van der Waals surface area contributed by atoms with Crippen LogP contribution in [0.25, 0.3) is 10.8 Å². The van der Waals surface area contributed by atoms with E-state index < -0.39 is 16.0 Å². The SMILES string of the molecule is CCCCCSSC(CCOC(=O)CCNS(=O)(=O)c1cccc2c(N(C)C)cccc12)=C(C)N(C=O)Cc1cnc(C)nc1N.Cl. The summed E-state index contributed by atoms with van der Waals surface area (Å²) in [5.41, 5.74) is 8.32. The van der Waals surface area contributed by atoms with E-state index in [9.17, 15) is 18.0 Å². The number of amides is 1. The highest BCUT2D eigenvalue weighted by atomic mass is 35.5. The molecule has 0 unspecified atom stereocenters. The third-order valence-corrected chi connectivity index (χ3v) is 11.4. The van der Waals surface area contributed by atoms with E-state index in [0.29, 0.717) is 29.0 Å². The number of carbonyl (C=O) groups is 2. The highest BCUT2D eigenvalue weighted by Gasteiger charge is 2.19. The molecule has 258 valence electrons. The Morgan fingerprint density at radius 2 is 1.83 bits per heavy atom. The van der Waals surface area contributed by atoms with E-state index in [1.165, 1.54) is 0 Å². The number of hydrogen-bond acceptors (Lipinski definition) is 11. The third-order valence-electron chi connectivity index (χ3n) is 7.16. The summed E-state index contributed by atoms with van der Waals surface area (Å²) in [7, 11) is 3.18. The van der Waals surface area contributed by atoms with Crippen molar-refractivity contribution in [3.8, 4) is 0 Å². The topological polar surface area (TPSA) is 148 Å². The van der Waals surface area contributed by atoms with Gasteiger partial charge in [0.15, 0.2) is 0 Å². The highest BCUT2D eigenvalue weighted by Crippen LogP contribution is 2.36. The molecule has 0 aliphatic heterocycles. The Morgan fingerprint density at radius 3 is 2.51 bits per heavy atom. The summed E-state index contributed by atoms with van der Waals surface area (Å²) in [5.74, 6) is 1.29. The van der Waals surface area contributed by atoms with E-state index in [2.05, 4.69) is 21.6 Å². The van der Waals surface area contributed by atoms with Gasteiger partial charge in [0.2, 0.25) is 16.4 Å². The molecule has 15 heteroatoms. The number of anilines is 2. The van der Waals surface area contributed by atoms with Crippen molar-refractivity contribution in [2.24, 2.45) is 0 Å². The van der Waals surface area contributed by atoms with Gasteiger partial charge in [0.25, 0.3) is 0 Å². The largest absolute Gasteiger partial charge is 0.465 e. The van der Waals surface area contributed by atoms with Gasteiger partial charge in [-0.05, 0) is 32.4 Å². The molecular weight excluding hydrogens is 680 g/mol. The number of nitrogens with zero attached hydrogens (tertiary/aromatic N) is 4. The number of nitrogen functional groups attached to an aromatic ring is 1. The molecule has 0 aliphatic carbocycles. The Balaban J connectivity index is 0.00000768. The maximum absolute atomic E-state index is 13.2. The molecule has 3 aromatic rings. The van der Waals surface area contributed by atoms with E-state index in [-0.39, 0.29) is 43.4 Å². The van der Waals surface area contributed by atoms with Crippen LogP contribution in [0.5, 0.6) is 0 Å². The number of esters is 1. The number of allylic oxidation sites excluding steroid dienone is 1. The van der Waals surface area contributed by atoms with Gasteiger partial charge in [0, 0.05) is 71.6 Å². The third kappa shape index (κ3) is 11.9. The van der Waals surface area contributed by atoms with Crippen LogP contribution in [-0.2, 0) is 30.9 Å². The second kappa shape index (κ2) is 19.7. The molecule has 3 rings (SSSR count). The normalized spacial score (nSPS) is 11.9. The zero-order valence-electron chi connectivity index (χ0n) is 27.5. The summed E-state index contributed by atoms with van der Waals surface area (Å²) in [5, 5.41) is 1.42. The van der Waals surface area contributed by atoms with Crippen molar-refractivity contribution in [3.05, 3.63) is 64.6 Å². The molecular formula is C32H45ClN6O5S3. The lowest BCUT2D eigenvalue weighted by Crippen LogP contribution is -2.27. The Labute approximate surface area is 292 Å². The molecule has 0 aliphatic rings. The zero-order valence-corrected chi connectivity index (χ0v) is 30.8. The fraction of sp³-hybridized carbons (Fsp3) is 0.438. The van der Waals surface area contributed by atoms with Gasteiger partial charge in [-0.2, -0.15) is 0 Å². The van der Waals surface area contributed by atoms with E-state index in [1.54, 1.807) is 57.8 Å². The fourth-order valence-electron chi connectivity index (χ4n) is 4.60. The number of fused-ring (bicyclic) bond motifs is 1. The van der Waals surface area contributed by atoms with E-state index in [4.69, 9.17) is 10.5 Å². The molecule has 0 fully saturated rings. The number of nitrogens with one attached hydrogen (secondary N) is 1. The van der Waals surface area contributed by atoms with Gasteiger partial charge < -0.3 is 20.3 Å². The van der Waals surface area contributed by atoms with Crippen LogP contribution in [0.1, 0.15) is 57.3 Å². The predicted molar refractivity (Wildman–Crippen MR) is 196 cm³/mol. The van der Waals surface area contributed by atoms with Crippen LogP contribution < -0.4 is 15.4 Å². The average molecular weight is 725 g/mol. The minimum Gasteiger partial charge on any atom is -0.465 e. The Morgan fingerprint density at radius 1 is 1.11 bits per heavy atom. The summed E-state index contributed by atoms with van der Waals surface area (Å²) in [6.45, 7) is 5.93. The number of aromatic nitrogens is 2. The first kappa shape index (κ1) is 40.1. The number of aryl methyl sites for hydroxylation is 1. The molecule has 1 aromatic heterocycles. The molecule has 2 aromatic carbocycles. The molecule has 11 nitrogen and oxygen atoms in total. The molecule has 47 heavy (non-hydrogen) atoms. The molecule has 1 heterocycles. The molecule has 3 N–H and O–H groups in total. The molecule has 0 saturated carbocycles. The highest BCUT2D eigenvalue weighted by molar-refractivity contribution is 8.78. The molecule has 0 radical (unpaired) electrons. The maximum atomic E-state index is 13.2. The van der Waals surface area contributed by atoms with Gasteiger partial charge >= 0.3 is 5.97 Å². The lowest BCUT2D eigenvalue weighted by molar-refractivity contribution is -0.143. The standard InChI is InChI=1S/C32H44N6O5S3.ClH/c1-6-7-8-19-44-45-29(23(2)38(22-39)21-25-20-34-24(3)36-32(25)33)16-18-43-31(40)15-17-35-46(41,42)30-14-10-11-26-27(30)12-9-13-28(26)37(4)5;/h9-14,20,22,35H,6-8,15-19,21H2,1-5H3,(H2,33,34,36);1H. The lowest BCUT2D eigenvalue weighted by Gasteiger charge is -2.22. The number of benzene rings is 2. The summed E-state index contributed by atoms with van der Waals surface area (Å²) in [6.07, 6.45) is 5.96. The second-order valence-electron chi connectivity index (χ2n) is 10.8. The van der Waals surface area contributed by atoms with Crippen LogP contribution in [0, 0.1) is 6.92 Å². The quantitative estimate of drug-likeness (QED) is 0.0642. The summed E-state index contributed by atoms with van der Waals surface area (Å²) < 4.78 is 34.4. The molecule has 1 amide bonds. The van der Waals surface area contributed by atoms with Crippen LogP contribution in [0.2, 0.25) is 0 Å². The van der Waals surface area contributed by atoms with Crippen molar-refractivity contribution in [1.29, 1.82) is 0 Å². The number of ether oxygens (including phenoxy) is 1. The smallest absolute Gasteiger partial charge is 0.307 e. The number of hydrogen-bond donors (Lipinski definition) is 2. The molecule has 0 saturated heterocycles. The van der Waals surface area contributed by atoms with Crippen LogP contribution in [0.15, 0.2) is 58.1 Å².